The molecule has 156 valence electrons. The summed E-state index contributed by atoms with van der Waals surface area (Å²) in [5.41, 5.74) is 0.977. The van der Waals surface area contributed by atoms with Gasteiger partial charge < -0.3 is 14.5 Å². The van der Waals surface area contributed by atoms with Gasteiger partial charge in [-0.15, -0.1) is 0 Å². The molecule has 3 rings (SSSR count). The van der Waals surface area contributed by atoms with E-state index in [9.17, 15) is 17.6 Å². The lowest BCUT2D eigenvalue weighted by Crippen LogP contribution is -2.52. The van der Waals surface area contributed by atoms with Gasteiger partial charge in [-0.05, 0) is 30.7 Å². The predicted molar refractivity (Wildman–Crippen MR) is 106 cm³/mol. The van der Waals surface area contributed by atoms with Crippen molar-refractivity contribution in [1.82, 2.24) is 9.80 Å². The van der Waals surface area contributed by atoms with Gasteiger partial charge in [0, 0.05) is 51.6 Å². The Morgan fingerprint density at radius 1 is 1.21 bits per heavy atom. The quantitative estimate of drug-likeness (QED) is 0.652. The number of ether oxygens (including phenoxy) is 1. The van der Waals surface area contributed by atoms with E-state index in [-0.39, 0.29) is 35.8 Å². The average Bonchev–Trinajstić information content (AvgIpc) is 3.03. The zero-order valence-corrected chi connectivity index (χ0v) is 17.0. The molecule has 0 saturated carbocycles. The molecule has 28 heavy (non-hydrogen) atoms. The summed E-state index contributed by atoms with van der Waals surface area (Å²) < 4.78 is 41.8. The fourth-order valence-electron chi connectivity index (χ4n) is 3.82. The Hall–Kier alpha value is -1.71. The fourth-order valence-corrected chi connectivity index (χ4v) is 5.55. The van der Waals surface area contributed by atoms with Crippen LogP contribution in [0.4, 0.5) is 10.1 Å². The van der Waals surface area contributed by atoms with Gasteiger partial charge in [-0.3, -0.25) is 9.69 Å². The normalized spacial score (nSPS) is 22.4. The molecule has 2 aliphatic heterocycles. The first-order chi connectivity index (χ1) is 13.4. The number of hydrogen-bond donors (Lipinski definition) is 0. The summed E-state index contributed by atoms with van der Waals surface area (Å²) >= 11 is 0. The van der Waals surface area contributed by atoms with Crippen molar-refractivity contribution in [1.29, 1.82) is 0 Å². The molecule has 2 saturated heterocycles. The van der Waals surface area contributed by atoms with Crippen LogP contribution in [0.25, 0.3) is 0 Å². The van der Waals surface area contributed by atoms with Gasteiger partial charge in [0.05, 0.1) is 24.7 Å². The highest BCUT2D eigenvalue weighted by molar-refractivity contribution is 7.91. The van der Waals surface area contributed by atoms with Crippen LogP contribution in [0.3, 0.4) is 0 Å². The van der Waals surface area contributed by atoms with Crippen LogP contribution >= 0.6 is 0 Å². The lowest BCUT2D eigenvalue weighted by atomic mass is 10.2. The van der Waals surface area contributed by atoms with Crippen LogP contribution in [0.1, 0.15) is 6.42 Å². The van der Waals surface area contributed by atoms with E-state index in [4.69, 9.17) is 4.74 Å². The fraction of sp³-hybridized carbons (Fsp3) is 0.632. The second kappa shape index (κ2) is 9.19. The van der Waals surface area contributed by atoms with Crippen LogP contribution in [-0.2, 0) is 19.4 Å². The zero-order valence-electron chi connectivity index (χ0n) is 16.2. The van der Waals surface area contributed by atoms with Crippen molar-refractivity contribution in [2.75, 3.05) is 69.4 Å². The van der Waals surface area contributed by atoms with E-state index in [1.165, 1.54) is 12.1 Å². The number of carbonyl (C=O) groups is 1. The zero-order chi connectivity index (χ0) is 20.1. The molecule has 1 aromatic rings. The number of nitrogens with zero attached hydrogens (tertiary/aromatic N) is 3. The highest BCUT2D eigenvalue weighted by Crippen LogP contribution is 2.19. The number of benzene rings is 1. The Kier molecular flexibility index (Phi) is 6.90. The molecule has 0 aromatic heterocycles. The van der Waals surface area contributed by atoms with Crippen LogP contribution in [0, 0.1) is 5.82 Å². The van der Waals surface area contributed by atoms with Gasteiger partial charge in [0.2, 0.25) is 5.91 Å². The Balaban J connectivity index is 1.54. The monoisotopic (exact) mass is 413 g/mol. The molecule has 0 spiro atoms. The van der Waals surface area contributed by atoms with Crippen molar-refractivity contribution in [2.24, 2.45) is 0 Å². The van der Waals surface area contributed by atoms with Gasteiger partial charge in [-0.25, -0.2) is 12.8 Å². The number of hydrogen-bond acceptors (Lipinski definition) is 6. The van der Waals surface area contributed by atoms with E-state index in [2.05, 4.69) is 9.80 Å². The van der Waals surface area contributed by atoms with Crippen LogP contribution in [0.5, 0.6) is 0 Å². The topological polar surface area (TPSA) is 70.2 Å². The molecule has 9 heteroatoms. The van der Waals surface area contributed by atoms with Gasteiger partial charge in [-0.1, -0.05) is 0 Å². The first kappa shape index (κ1) is 21.0. The second-order valence-electron chi connectivity index (χ2n) is 7.38. The SMILES string of the molecule is COCCN(C(=O)CN1CCN(c2ccc(F)cc2)CC1)[C@@H]1CCS(=O)(=O)C1. The van der Waals surface area contributed by atoms with Crippen molar-refractivity contribution in [3.05, 3.63) is 30.1 Å². The van der Waals surface area contributed by atoms with E-state index >= 15 is 0 Å². The van der Waals surface area contributed by atoms with E-state index in [1.54, 1.807) is 24.1 Å². The first-order valence-electron chi connectivity index (χ1n) is 9.59. The van der Waals surface area contributed by atoms with E-state index < -0.39 is 9.84 Å². The third kappa shape index (κ3) is 5.42. The summed E-state index contributed by atoms with van der Waals surface area (Å²) in [5, 5.41) is 0. The minimum absolute atomic E-state index is 0.0425. The summed E-state index contributed by atoms with van der Waals surface area (Å²) in [5.74, 6) is -0.113. The number of rotatable bonds is 7. The molecule has 0 radical (unpaired) electrons. The van der Waals surface area contributed by atoms with Crippen LogP contribution in [0.15, 0.2) is 24.3 Å². The molecule has 0 N–H and O–H groups in total. The van der Waals surface area contributed by atoms with Crippen molar-refractivity contribution < 1.29 is 22.3 Å². The summed E-state index contributed by atoms with van der Waals surface area (Å²) in [4.78, 5) is 18.8. The number of halogens is 1. The number of piperazine rings is 1. The maximum atomic E-state index is 13.1. The third-order valence-electron chi connectivity index (χ3n) is 5.43. The third-order valence-corrected chi connectivity index (χ3v) is 7.18. The Morgan fingerprint density at radius 3 is 2.46 bits per heavy atom. The standard InChI is InChI=1S/C19H28FN3O4S/c1-27-12-11-23(18-6-13-28(25,26)15-18)19(24)14-21-7-9-22(10-8-21)17-4-2-16(20)3-5-17/h2-5,18H,6-15H2,1H3/t18-/m1/s1. The van der Waals surface area contributed by atoms with Crippen LogP contribution < -0.4 is 4.90 Å². The molecule has 1 atom stereocenters. The maximum Gasteiger partial charge on any atom is 0.237 e. The summed E-state index contributed by atoms with van der Waals surface area (Å²) in [6.07, 6.45) is 0.496. The predicted octanol–water partition coefficient (Wildman–Crippen LogP) is 0.610. The van der Waals surface area contributed by atoms with Crippen molar-refractivity contribution in [3.8, 4) is 0 Å². The van der Waals surface area contributed by atoms with Gasteiger partial charge in [-0.2, -0.15) is 0 Å². The van der Waals surface area contributed by atoms with Crippen molar-refractivity contribution in [3.63, 3.8) is 0 Å². The largest absolute Gasteiger partial charge is 0.383 e. The second-order valence-corrected chi connectivity index (χ2v) is 9.61. The van der Waals surface area contributed by atoms with Crippen molar-refractivity contribution >= 4 is 21.4 Å². The van der Waals surface area contributed by atoms with E-state index in [0.29, 0.717) is 19.6 Å². The number of amides is 1. The maximum absolute atomic E-state index is 13.1. The lowest BCUT2D eigenvalue weighted by Gasteiger charge is -2.37. The Bertz CT molecular complexity index is 764. The van der Waals surface area contributed by atoms with E-state index in [1.807, 2.05) is 0 Å². The molecule has 0 aliphatic carbocycles. The highest BCUT2D eigenvalue weighted by Gasteiger charge is 2.35. The Labute approximate surface area is 166 Å². The smallest absolute Gasteiger partial charge is 0.237 e. The number of methoxy groups -OCH3 is 1. The minimum atomic E-state index is -3.05. The average molecular weight is 414 g/mol. The Morgan fingerprint density at radius 2 is 1.89 bits per heavy atom. The number of carbonyl (C=O) groups excluding carboxylic acids is 1. The summed E-state index contributed by atoms with van der Waals surface area (Å²) in [6.45, 7) is 4.04. The molecular formula is C19H28FN3O4S. The van der Waals surface area contributed by atoms with Gasteiger partial charge >= 0.3 is 0 Å². The van der Waals surface area contributed by atoms with Crippen molar-refractivity contribution in [2.45, 2.75) is 12.5 Å². The molecule has 2 aliphatic rings. The summed E-state index contributed by atoms with van der Waals surface area (Å²) in [7, 11) is -1.48. The molecule has 1 aromatic carbocycles. The summed E-state index contributed by atoms with van der Waals surface area (Å²) in [6, 6.07) is 6.18. The molecule has 7 nitrogen and oxygen atoms in total. The molecule has 0 bridgehead atoms. The van der Waals surface area contributed by atoms with Gasteiger partial charge in [0.15, 0.2) is 9.84 Å². The lowest BCUT2D eigenvalue weighted by molar-refractivity contribution is -0.135. The molecule has 1 amide bonds. The molecular weight excluding hydrogens is 385 g/mol. The number of sulfone groups is 1. The number of anilines is 1. The molecule has 2 fully saturated rings. The minimum Gasteiger partial charge on any atom is -0.383 e. The first-order valence-corrected chi connectivity index (χ1v) is 11.4. The van der Waals surface area contributed by atoms with Gasteiger partial charge in [0.25, 0.3) is 0 Å². The molecule has 0 unspecified atom stereocenters. The van der Waals surface area contributed by atoms with Crippen LogP contribution in [-0.4, -0.2) is 94.7 Å². The molecule has 2 heterocycles. The van der Waals surface area contributed by atoms with E-state index in [0.717, 1.165) is 31.9 Å². The van der Waals surface area contributed by atoms with Gasteiger partial charge in [0.1, 0.15) is 5.82 Å². The van der Waals surface area contributed by atoms with Crippen LogP contribution in [0.2, 0.25) is 0 Å². The highest BCUT2D eigenvalue weighted by atomic mass is 32.2.